The quantitative estimate of drug-likeness (QED) is 0.447. The molecule has 1 amide bonds. The Bertz CT molecular complexity index is 811. The van der Waals surface area contributed by atoms with Gasteiger partial charge >= 0.3 is 12.1 Å². The second-order valence-electron chi connectivity index (χ2n) is 10.2. The van der Waals surface area contributed by atoms with Gasteiger partial charge in [-0.1, -0.05) is 12.1 Å². The van der Waals surface area contributed by atoms with Crippen LogP contribution in [0.25, 0.3) is 5.76 Å². The lowest BCUT2D eigenvalue weighted by Crippen LogP contribution is -2.45. The summed E-state index contributed by atoms with van der Waals surface area (Å²) in [7, 11) is 0. The van der Waals surface area contributed by atoms with Crippen molar-refractivity contribution in [3.63, 3.8) is 0 Å². The topological polar surface area (TPSA) is 55.8 Å². The maximum absolute atomic E-state index is 12.8. The van der Waals surface area contributed by atoms with Gasteiger partial charge in [0.2, 0.25) is 0 Å². The fourth-order valence-corrected chi connectivity index (χ4v) is 3.19. The number of piperidine rings is 1. The maximum atomic E-state index is 12.8. The summed E-state index contributed by atoms with van der Waals surface area (Å²) >= 11 is 0. The number of hydrogen-bond acceptors (Lipinski definition) is 4. The van der Waals surface area contributed by atoms with Crippen LogP contribution < -0.4 is 0 Å². The van der Waals surface area contributed by atoms with Crippen LogP contribution in [-0.4, -0.2) is 35.2 Å². The number of benzene rings is 1. The lowest BCUT2D eigenvalue weighted by atomic mass is 9.96. The second-order valence-corrected chi connectivity index (χ2v) is 10.2. The van der Waals surface area contributed by atoms with Crippen LogP contribution in [0.4, 0.5) is 4.79 Å². The molecule has 0 aromatic heterocycles. The van der Waals surface area contributed by atoms with Crippen LogP contribution >= 0.6 is 0 Å². The first-order chi connectivity index (χ1) is 13.8. The summed E-state index contributed by atoms with van der Waals surface area (Å²) in [4.78, 5) is 27.2. The summed E-state index contributed by atoms with van der Waals surface area (Å²) < 4.78 is 11.5. The Hall–Kier alpha value is -2.30. The molecular weight excluding hydrogens is 378 g/mol. The third-order valence-corrected chi connectivity index (χ3v) is 5.13. The Kier molecular flexibility index (Phi) is 7.38. The van der Waals surface area contributed by atoms with E-state index in [4.69, 9.17) is 9.47 Å². The smallest absolute Gasteiger partial charge is 0.410 e. The van der Waals surface area contributed by atoms with E-state index in [1.54, 1.807) is 4.90 Å². The number of rotatable bonds is 3. The zero-order chi connectivity index (χ0) is 22.7. The maximum Gasteiger partial charge on any atom is 0.410 e. The summed E-state index contributed by atoms with van der Waals surface area (Å²) in [5.41, 5.74) is 1.95. The number of carbonyl (C=O) groups excluding carboxylic acids is 2. The minimum absolute atomic E-state index is 0.182. The highest BCUT2D eigenvalue weighted by atomic mass is 16.6. The van der Waals surface area contributed by atoms with Crippen molar-refractivity contribution in [1.29, 1.82) is 0 Å². The van der Waals surface area contributed by atoms with Crippen LogP contribution in [0.5, 0.6) is 0 Å². The molecule has 1 saturated heterocycles. The van der Waals surface area contributed by atoms with Crippen molar-refractivity contribution in [2.45, 2.75) is 86.3 Å². The van der Waals surface area contributed by atoms with E-state index in [0.29, 0.717) is 12.3 Å². The number of amides is 1. The van der Waals surface area contributed by atoms with Crippen LogP contribution in [0.15, 0.2) is 24.3 Å². The summed E-state index contributed by atoms with van der Waals surface area (Å²) in [6.07, 6.45) is 4.33. The molecule has 1 aromatic carbocycles. The Morgan fingerprint density at radius 2 is 1.70 bits per heavy atom. The summed E-state index contributed by atoms with van der Waals surface area (Å²) in [6, 6.07) is 5.83. The highest BCUT2D eigenvalue weighted by Crippen LogP contribution is 2.28. The number of likely N-dealkylation sites (tertiary alicyclic amines) is 1. The van der Waals surface area contributed by atoms with Crippen LogP contribution in [0.1, 0.15) is 77.5 Å². The summed E-state index contributed by atoms with van der Waals surface area (Å²) in [5.74, 6) is 0.199. The van der Waals surface area contributed by atoms with E-state index in [-0.39, 0.29) is 18.1 Å². The number of hydrogen-bond donors (Lipinski definition) is 0. The molecule has 1 aliphatic rings. The molecule has 1 aliphatic heterocycles. The van der Waals surface area contributed by atoms with E-state index >= 15 is 0 Å². The monoisotopic (exact) mass is 415 g/mol. The molecule has 0 aliphatic carbocycles. The minimum Gasteiger partial charge on any atom is -0.444 e. The highest BCUT2D eigenvalue weighted by Gasteiger charge is 2.31. The van der Waals surface area contributed by atoms with E-state index in [9.17, 15) is 9.59 Å². The zero-order valence-electron chi connectivity index (χ0n) is 19.8. The van der Waals surface area contributed by atoms with Crippen LogP contribution in [0.3, 0.4) is 0 Å². The largest absolute Gasteiger partial charge is 0.444 e. The number of ether oxygens (including phenoxy) is 2. The van der Waals surface area contributed by atoms with Crippen LogP contribution in [0, 0.1) is 19.3 Å². The van der Waals surface area contributed by atoms with E-state index in [2.05, 4.69) is 6.92 Å². The molecule has 0 bridgehead atoms. The molecule has 1 aromatic rings. The van der Waals surface area contributed by atoms with Crippen molar-refractivity contribution in [2.75, 3.05) is 6.54 Å². The first kappa shape index (κ1) is 24.0. The molecule has 166 valence electrons. The average Bonchev–Trinajstić information content (AvgIpc) is 2.61. The van der Waals surface area contributed by atoms with Gasteiger partial charge in [0.25, 0.3) is 0 Å². The molecule has 0 spiro atoms. The van der Waals surface area contributed by atoms with Gasteiger partial charge in [-0.3, -0.25) is 4.79 Å². The lowest BCUT2D eigenvalue weighted by Gasteiger charge is -2.35. The molecule has 1 atom stereocenters. The van der Waals surface area contributed by atoms with Crippen molar-refractivity contribution < 1.29 is 19.1 Å². The highest BCUT2D eigenvalue weighted by molar-refractivity contribution is 5.82. The van der Waals surface area contributed by atoms with Gasteiger partial charge in [0.1, 0.15) is 11.4 Å². The van der Waals surface area contributed by atoms with Crippen molar-refractivity contribution in [2.24, 2.45) is 5.41 Å². The average molecular weight is 416 g/mol. The molecule has 30 heavy (non-hydrogen) atoms. The normalized spacial score (nSPS) is 18.2. The third-order valence-electron chi connectivity index (χ3n) is 5.13. The molecule has 0 radical (unpaired) electrons. The van der Waals surface area contributed by atoms with E-state index in [1.165, 1.54) is 5.56 Å². The van der Waals surface area contributed by atoms with Crippen molar-refractivity contribution >= 4 is 17.8 Å². The standard InChI is InChI=1S/C25H37NO4/c1-17-12-13-19(15-18(17)2)21(29-22(27)24(3,4)5)16-20-11-9-10-14-26(20)23(28)30-25(6,7)8/h12-13,15-16,20H,9-11,14H2,1-8H3/b21-16+. The molecule has 0 N–H and O–H groups in total. The number of nitrogens with zero attached hydrogens (tertiary/aromatic N) is 1. The SMILES string of the molecule is Cc1ccc(/C(=C\C2CCCCN2C(=O)OC(C)(C)C)OC(=O)C(C)(C)C)cc1C. The van der Waals surface area contributed by atoms with Gasteiger partial charge in [0.15, 0.2) is 0 Å². The second kappa shape index (κ2) is 9.23. The van der Waals surface area contributed by atoms with Crippen LogP contribution in [0.2, 0.25) is 0 Å². The van der Waals surface area contributed by atoms with Gasteiger partial charge in [0, 0.05) is 12.1 Å². The first-order valence-electron chi connectivity index (χ1n) is 10.8. The third kappa shape index (κ3) is 6.61. The van der Waals surface area contributed by atoms with Gasteiger partial charge in [-0.25, -0.2) is 4.79 Å². The predicted molar refractivity (Wildman–Crippen MR) is 120 cm³/mol. The number of esters is 1. The van der Waals surface area contributed by atoms with E-state index < -0.39 is 11.0 Å². The molecular formula is C25H37NO4. The Labute approximate surface area is 181 Å². The molecule has 5 nitrogen and oxygen atoms in total. The fourth-order valence-electron chi connectivity index (χ4n) is 3.19. The fraction of sp³-hybridized carbons (Fsp3) is 0.600. The Balaban J connectivity index is 2.42. The van der Waals surface area contributed by atoms with Gasteiger partial charge < -0.3 is 14.4 Å². The van der Waals surface area contributed by atoms with Gasteiger partial charge in [-0.15, -0.1) is 0 Å². The zero-order valence-corrected chi connectivity index (χ0v) is 19.8. The van der Waals surface area contributed by atoms with Gasteiger partial charge in [-0.05, 0) is 97.9 Å². The Morgan fingerprint density at radius 3 is 2.27 bits per heavy atom. The lowest BCUT2D eigenvalue weighted by molar-refractivity contribution is -0.145. The minimum atomic E-state index is -0.629. The van der Waals surface area contributed by atoms with E-state index in [0.717, 1.165) is 30.4 Å². The Morgan fingerprint density at radius 1 is 1.03 bits per heavy atom. The van der Waals surface area contributed by atoms with Crippen LogP contribution in [-0.2, 0) is 14.3 Å². The molecule has 1 heterocycles. The van der Waals surface area contributed by atoms with E-state index in [1.807, 2.05) is 72.7 Å². The number of carbonyl (C=O) groups is 2. The molecule has 0 saturated carbocycles. The molecule has 5 heteroatoms. The van der Waals surface area contributed by atoms with Crippen molar-refractivity contribution in [3.8, 4) is 0 Å². The summed E-state index contributed by atoms with van der Waals surface area (Å²) in [5, 5.41) is 0. The van der Waals surface area contributed by atoms with Crippen molar-refractivity contribution in [1.82, 2.24) is 4.90 Å². The summed E-state index contributed by atoms with van der Waals surface area (Å²) in [6.45, 7) is 15.8. The molecule has 2 rings (SSSR count). The predicted octanol–water partition coefficient (Wildman–Crippen LogP) is 6.02. The first-order valence-corrected chi connectivity index (χ1v) is 10.8. The number of aryl methyl sites for hydroxylation is 2. The molecule has 1 unspecified atom stereocenters. The molecule has 1 fully saturated rings. The van der Waals surface area contributed by atoms with Gasteiger partial charge in [-0.2, -0.15) is 0 Å². The van der Waals surface area contributed by atoms with Gasteiger partial charge in [0.05, 0.1) is 11.5 Å². The van der Waals surface area contributed by atoms with Crippen molar-refractivity contribution in [3.05, 3.63) is 41.0 Å².